The summed E-state index contributed by atoms with van der Waals surface area (Å²) in [6, 6.07) is 8.56. The first-order chi connectivity index (χ1) is 8.45. The van der Waals surface area contributed by atoms with Gasteiger partial charge in [-0.05, 0) is 48.8 Å². The molecule has 2 heteroatoms. The molecule has 1 fully saturated rings. The average Bonchev–Trinajstić information content (AvgIpc) is 3.09. The monoisotopic (exact) mass is 310 g/mol. The van der Waals surface area contributed by atoms with Crippen molar-refractivity contribution < 1.29 is 4.74 Å². The molecule has 1 saturated carbocycles. The van der Waals surface area contributed by atoms with Gasteiger partial charge in [0.25, 0.3) is 0 Å². The second kappa shape index (κ2) is 5.64. The Bertz CT molecular complexity index is 390. The van der Waals surface area contributed by atoms with Crippen LogP contribution in [-0.4, -0.2) is 10.9 Å². The number of benzene rings is 1. The largest absolute Gasteiger partial charge is 0.490 e. The summed E-state index contributed by atoms with van der Waals surface area (Å²) in [5, 5.41) is 0. The number of aryl methyl sites for hydroxylation is 1. The lowest BCUT2D eigenvalue weighted by molar-refractivity contribution is 0.303. The molecule has 100 valence electrons. The van der Waals surface area contributed by atoms with Gasteiger partial charge < -0.3 is 4.74 Å². The second-order valence-corrected chi connectivity index (χ2v) is 7.44. The molecule has 1 aromatic carbocycles. The van der Waals surface area contributed by atoms with Gasteiger partial charge in [0.2, 0.25) is 0 Å². The molecule has 0 saturated heterocycles. The Morgan fingerprint density at radius 1 is 1.33 bits per heavy atom. The minimum atomic E-state index is 0.322. The van der Waals surface area contributed by atoms with Gasteiger partial charge in [0.1, 0.15) is 5.75 Å². The van der Waals surface area contributed by atoms with Crippen LogP contribution in [0.1, 0.15) is 45.6 Å². The van der Waals surface area contributed by atoms with Crippen molar-refractivity contribution in [3.8, 4) is 5.75 Å². The molecule has 0 bridgehead atoms. The molecular weight excluding hydrogens is 288 g/mol. The van der Waals surface area contributed by atoms with Crippen molar-refractivity contribution in [1.29, 1.82) is 0 Å². The maximum absolute atomic E-state index is 5.83. The van der Waals surface area contributed by atoms with Crippen LogP contribution in [0.5, 0.6) is 5.75 Å². The first kappa shape index (κ1) is 13.9. The fourth-order valence-electron chi connectivity index (χ4n) is 1.88. The van der Waals surface area contributed by atoms with Gasteiger partial charge in [-0.1, -0.05) is 48.8 Å². The van der Waals surface area contributed by atoms with Crippen molar-refractivity contribution in [2.45, 2.75) is 57.4 Å². The van der Waals surface area contributed by atoms with Gasteiger partial charge in [-0.15, -0.1) is 0 Å². The molecule has 1 aromatic rings. The SMILES string of the molecule is CC(C)(C)C(Br)CCc1cccc(OC2CC2)c1. The van der Waals surface area contributed by atoms with Crippen molar-refractivity contribution in [1.82, 2.24) is 0 Å². The van der Waals surface area contributed by atoms with E-state index in [4.69, 9.17) is 4.74 Å². The Kier molecular flexibility index (Phi) is 4.37. The van der Waals surface area contributed by atoms with Gasteiger partial charge >= 0.3 is 0 Å². The van der Waals surface area contributed by atoms with E-state index >= 15 is 0 Å². The summed E-state index contributed by atoms with van der Waals surface area (Å²) < 4.78 is 5.83. The molecule has 18 heavy (non-hydrogen) atoms. The summed E-state index contributed by atoms with van der Waals surface area (Å²) in [4.78, 5) is 0.554. The Morgan fingerprint density at radius 3 is 2.67 bits per heavy atom. The second-order valence-electron chi connectivity index (χ2n) is 6.34. The zero-order valence-electron chi connectivity index (χ0n) is 11.6. The van der Waals surface area contributed by atoms with Gasteiger partial charge in [0.15, 0.2) is 0 Å². The van der Waals surface area contributed by atoms with E-state index in [1.54, 1.807) is 0 Å². The van der Waals surface area contributed by atoms with E-state index in [-0.39, 0.29) is 0 Å². The Morgan fingerprint density at radius 2 is 2.06 bits per heavy atom. The fraction of sp³-hybridized carbons (Fsp3) is 0.625. The smallest absolute Gasteiger partial charge is 0.119 e. The zero-order chi connectivity index (χ0) is 13.2. The van der Waals surface area contributed by atoms with Crippen molar-refractivity contribution in [2.75, 3.05) is 0 Å². The third kappa shape index (κ3) is 4.31. The van der Waals surface area contributed by atoms with Gasteiger partial charge in [0.05, 0.1) is 6.10 Å². The van der Waals surface area contributed by atoms with E-state index in [2.05, 4.69) is 61.0 Å². The molecule has 1 atom stereocenters. The van der Waals surface area contributed by atoms with Crippen LogP contribution in [0.25, 0.3) is 0 Å². The highest BCUT2D eigenvalue weighted by molar-refractivity contribution is 9.09. The summed E-state index contributed by atoms with van der Waals surface area (Å²) in [5.74, 6) is 1.04. The van der Waals surface area contributed by atoms with E-state index in [1.807, 2.05) is 0 Å². The minimum Gasteiger partial charge on any atom is -0.490 e. The van der Waals surface area contributed by atoms with Gasteiger partial charge in [0, 0.05) is 4.83 Å². The van der Waals surface area contributed by atoms with Crippen LogP contribution in [0.3, 0.4) is 0 Å². The molecule has 0 aliphatic heterocycles. The van der Waals surface area contributed by atoms with Crippen LogP contribution < -0.4 is 4.74 Å². The zero-order valence-corrected chi connectivity index (χ0v) is 13.2. The van der Waals surface area contributed by atoms with Crippen molar-refractivity contribution in [3.63, 3.8) is 0 Å². The number of rotatable bonds is 5. The van der Waals surface area contributed by atoms with Crippen LogP contribution in [0, 0.1) is 5.41 Å². The topological polar surface area (TPSA) is 9.23 Å². The molecule has 2 rings (SSSR count). The van der Waals surface area contributed by atoms with Crippen LogP contribution in [0.2, 0.25) is 0 Å². The van der Waals surface area contributed by atoms with Crippen molar-refractivity contribution in [2.24, 2.45) is 5.41 Å². The predicted molar refractivity (Wildman–Crippen MR) is 80.6 cm³/mol. The number of hydrogen-bond acceptors (Lipinski definition) is 1. The van der Waals surface area contributed by atoms with Crippen LogP contribution in [0.15, 0.2) is 24.3 Å². The molecule has 0 aromatic heterocycles. The summed E-state index contributed by atoms with van der Waals surface area (Å²) in [6.07, 6.45) is 5.19. The average molecular weight is 311 g/mol. The third-order valence-corrected chi connectivity index (χ3v) is 5.18. The third-order valence-electron chi connectivity index (χ3n) is 3.35. The summed E-state index contributed by atoms with van der Waals surface area (Å²) in [7, 11) is 0. The highest BCUT2D eigenvalue weighted by Gasteiger charge is 2.24. The molecule has 0 N–H and O–H groups in total. The number of halogens is 1. The van der Waals surface area contributed by atoms with E-state index in [9.17, 15) is 0 Å². The molecule has 0 amide bonds. The van der Waals surface area contributed by atoms with Crippen LogP contribution >= 0.6 is 15.9 Å². The van der Waals surface area contributed by atoms with E-state index in [1.165, 1.54) is 18.4 Å². The predicted octanol–water partition coefficient (Wildman–Crippen LogP) is 4.97. The maximum atomic E-state index is 5.83. The standard InChI is InChI=1S/C16H23BrO/c1-16(2,3)15(17)10-7-12-5-4-6-14(11-12)18-13-8-9-13/h4-6,11,13,15H,7-10H2,1-3H3. The molecule has 0 heterocycles. The van der Waals surface area contributed by atoms with Crippen LogP contribution in [0.4, 0.5) is 0 Å². The lowest BCUT2D eigenvalue weighted by atomic mass is 9.89. The molecule has 0 radical (unpaired) electrons. The quantitative estimate of drug-likeness (QED) is 0.698. The maximum Gasteiger partial charge on any atom is 0.119 e. The lowest BCUT2D eigenvalue weighted by Gasteiger charge is -2.25. The number of ether oxygens (including phenoxy) is 1. The molecule has 1 aliphatic rings. The normalized spacial score (nSPS) is 17.6. The van der Waals surface area contributed by atoms with Gasteiger partial charge in [-0.3, -0.25) is 0 Å². The van der Waals surface area contributed by atoms with Gasteiger partial charge in [-0.2, -0.15) is 0 Å². The summed E-state index contributed by atoms with van der Waals surface area (Å²) in [5.41, 5.74) is 1.70. The molecule has 1 nitrogen and oxygen atoms in total. The highest BCUT2D eigenvalue weighted by Crippen LogP contribution is 2.31. The van der Waals surface area contributed by atoms with E-state index in [0.717, 1.165) is 18.6 Å². The molecule has 1 aliphatic carbocycles. The van der Waals surface area contributed by atoms with Crippen LogP contribution in [-0.2, 0) is 6.42 Å². The highest BCUT2D eigenvalue weighted by atomic mass is 79.9. The van der Waals surface area contributed by atoms with Gasteiger partial charge in [-0.25, -0.2) is 0 Å². The minimum absolute atomic E-state index is 0.322. The Hall–Kier alpha value is -0.500. The number of hydrogen-bond donors (Lipinski definition) is 0. The molecule has 1 unspecified atom stereocenters. The van der Waals surface area contributed by atoms with Crippen molar-refractivity contribution >= 4 is 15.9 Å². The first-order valence-electron chi connectivity index (χ1n) is 6.85. The summed E-state index contributed by atoms with van der Waals surface area (Å²) >= 11 is 3.79. The van der Waals surface area contributed by atoms with E-state index in [0.29, 0.717) is 16.3 Å². The lowest BCUT2D eigenvalue weighted by Crippen LogP contribution is -2.20. The molecular formula is C16H23BrO. The Labute approximate surface area is 119 Å². The Balaban J connectivity index is 1.88. The first-order valence-corrected chi connectivity index (χ1v) is 7.76. The fourth-order valence-corrected chi connectivity index (χ4v) is 2.11. The van der Waals surface area contributed by atoms with Crippen molar-refractivity contribution in [3.05, 3.63) is 29.8 Å². The number of alkyl halides is 1. The summed E-state index contributed by atoms with van der Waals surface area (Å²) in [6.45, 7) is 6.83. The molecule has 0 spiro atoms. The van der Waals surface area contributed by atoms with E-state index < -0.39 is 0 Å².